The van der Waals surface area contributed by atoms with Crippen molar-refractivity contribution in [2.45, 2.75) is 62.5 Å². The third kappa shape index (κ3) is 3.09. The van der Waals surface area contributed by atoms with E-state index in [-0.39, 0.29) is 17.4 Å². The van der Waals surface area contributed by atoms with Crippen molar-refractivity contribution < 1.29 is 9.53 Å². The van der Waals surface area contributed by atoms with E-state index in [0.29, 0.717) is 12.5 Å². The zero-order chi connectivity index (χ0) is 15.7. The number of para-hydroxylation sites is 1. The normalized spacial score (nSPS) is 26.0. The van der Waals surface area contributed by atoms with Crippen molar-refractivity contribution >= 4 is 5.91 Å². The molecule has 0 bridgehead atoms. The minimum Gasteiger partial charge on any atom is -0.487 e. The van der Waals surface area contributed by atoms with E-state index >= 15 is 0 Å². The Morgan fingerprint density at radius 2 is 2.04 bits per heavy atom. The number of carbonyl (C=O) groups excluding carboxylic acids is 1. The van der Waals surface area contributed by atoms with Crippen LogP contribution in [0.2, 0.25) is 0 Å². The van der Waals surface area contributed by atoms with Crippen molar-refractivity contribution in [2.75, 3.05) is 13.1 Å². The molecule has 1 atom stereocenters. The highest BCUT2D eigenvalue weighted by Gasteiger charge is 2.42. The molecule has 1 aliphatic carbocycles. The second-order valence-electron chi connectivity index (χ2n) is 7.37. The van der Waals surface area contributed by atoms with Gasteiger partial charge in [-0.3, -0.25) is 4.79 Å². The van der Waals surface area contributed by atoms with Gasteiger partial charge in [0.15, 0.2) is 0 Å². The number of hydrogen-bond acceptors (Lipinski definition) is 3. The lowest BCUT2D eigenvalue weighted by atomic mass is 9.76. The Balaban J connectivity index is 1.52. The number of fused-ring (bicyclic) bond motifs is 1. The Kier molecular flexibility index (Phi) is 4.02. The molecule has 1 unspecified atom stereocenters. The van der Waals surface area contributed by atoms with Crippen LogP contribution in [-0.4, -0.2) is 30.6 Å². The molecule has 4 rings (SSSR count). The van der Waals surface area contributed by atoms with Gasteiger partial charge in [0.1, 0.15) is 11.4 Å². The molecule has 23 heavy (non-hydrogen) atoms. The van der Waals surface area contributed by atoms with Crippen LogP contribution in [-0.2, 0) is 4.79 Å². The second-order valence-corrected chi connectivity index (χ2v) is 7.37. The summed E-state index contributed by atoms with van der Waals surface area (Å²) < 4.78 is 6.41. The molecule has 0 aromatic heterocycles. The van der Waals surface area contributed by atoms with Crippen molar-refractivity contribution in [2.24, 2.45) is 0 Å². The van der Waals surface area contributed by atoms with Gasteiger partial charge >= 0.3 is 0 Å². The van der Waals surface area contributed by atoms with Gasteiger partial charge in [0, 0.05) is 18.4 Å². The van der Waals surface area contributed by atoms with Gasteiger partial charge < -0.3 is 15.4 Å². The lowest BCUT2D eigenvalue weighted by molar-refractivity contribution is -0.123. The predicted octanol–water partition coefficient (Wildman–Crippen LogP) is 2.73. The highest BCUT2D eigenvalue weighted by molar-refractivity contribution is 5.77. The number of piperidine rings is 1. The van der Waals surface area contributed by atoms with Crippen LogP contribution in [0.5, 0.6) is 5.75 Å². The molecule has 4 nitrogen and oxygen atoms in total. The smallest absolute Gasteiger partial charge is 0.220 e. The summed E-state index contributed by atoms with van der Waals surface area (Å²) in [5.41, 5.74) is 1.13. The summed E-state index contributed by atoms with van der Waals surface area (Å²) in [6.07, 6.45) is 7.15. The summed E-state index contributed by atoms with van der Waals surface area (Å²) in [6, 6.07) is 8.70. The lowest BCUT2D eigenvalue weighted by Crippen LogP contribution is -2.49. The monoisotopic (exact) mass is 314 g/mol. The van der Waals surface area contributed by atoms with Crippen molar-refractivity contribution in [1.29, 1.82) is 0 Å². The SMILES string of the molecule is O=C(CC1CC2(CCNCC2)Oc2ccccc21)NC1CCC1. The van der Waals surface area contributed by atoms with Gasteiger partial charge in [-0.25, -0.2) is 0 Å². The van der Waals surface area contributed by atoms with Crippen LogP contribution in [0, 0.1) is 0 Å². The number of rotatable bonds is 3. The molecule has 1 aromatic carbocycles. The van der Waals surface area contributed by atoms with E-state index in [1.54, 1.807) is 0 Å². The molecule has 2 fully saturated rings. The number of amides is 1. The van der Waals surface area contributed by atoms with Gasteiger partial charge in [0.05, 0.1) is 0 Å². The molecule has 4 heteroatoms. The van der Waals surface area contributed by atoms with Crippen LogP contribution in [0.15, 0.2) is 24.3 Å². The summed E-state index contributed by atoms with van der Waals surface area (Å²) in [6.45, 7) is 2.01. The fourth-order valence-electron chi connectivity index (χ4n) is 4.18. The van der Waals surface area contributed by atoms with E-state index in [1.165, 1.54) is 12.0 Å². The minimum absolute atomic E-state index is 0.0823. The van der Waals surface area contributed by atoms with Crippen LogP contribution >= 0.6 is 0 Å². The molecule has 2 heterocycles. The topological polar surface area (TPSA) is 50.4 Å². The predicted molar refractivity (Wildman–Crippen MR) is 89.7 cm³/mol. The van der Waals surface area contributed by atoms with Crippen LogP contribution < -0.4 is 15.4 Å². The van der Waals surface area contributed by atoms with Gasteiger partial charge in [0.25, 0.3) is 0 Å². The second kappa shape index (κ2) is 6.16. The van der Waals surface area contributed by atoms with Gasteiger partial charge in [-0.15, -0.1) is 0 Å². The summed E-state index contributed by atoms with van der Waals surface area (Å²) in [5, 5.41) is 6.61. The molecule has 124 valence electrons. The standard InChI is InChI=1S/C19H26N2O2/c22-18(21-15-4-3-5-15)12-14-13-19(8-10-20-11-9-19)23-17-7-2-1-6-16(14)17/h1-2,6-7,14-15,20H,3-5,8-13H2,(H,21,22). The Bertz CT molecular complexity index is 576. The van der Waals surface area contributed by atoms with Crippen molar-refractivity contribution in [3.8, 4) is 5.75 Å². The molecule has 1 saturated carbocycles. The van der Waals surface area contributed by atoms with Crippen LogP contribution in [0.4, 0.5) is 0 Å². The average molecular weight is 314 g/mol. The van der Waals surface area contributed by atoms with Gasteiger partial charge in [-0.05, 0) is 63.2 Å². The number of nitrogens with one attached hydrogen (secondary N) is 2. The number of benzene rings is 1. The Morgan fingerprint density at radius 1 is 1.26 bits per heavy atom. The minimum atomic E-state index is -0.0823. The molecule has 1 aromatic rings. The van der Waals surface area contributed by atoms with E-state index in [9.17, 15) is 4.79 Å². The van der Waals surface area contributed by atoms with Crippen LogP contribution in [0.25, 0.3) is 0 Å². The molecule has 1 amide bonds. The van der Waals surface area contributed by atoms with E-state index in [1.807, 2.05) is 6.07 Å². The highest BCUT2D eigenvalue weighted by Crippen LogP contribution is 2.45. The summed E-state index contributed by atoms with van der Waals surface area (Å²) in [4.78, 5) is 12.4. The molecule has 0 radical (unpaired) electrons. The first-order chi connectivity index (χ1) is 11.2. The number of carbonyl (C=O) groups is 1. The number of hydrogen-bond donors (Lipinski definition) is 2. The maximum absolute atomic E-state index is 12.4. The summed E-state index contributed by atoms with van der Waals surface area (Å²) in [7, 11) is 0. The Labute approximate surface area is 138 Å². The maximum Gasteiger partial charge on any atom is 0.220 e. The summed E-state index contributed by atoms with van der Waals surface area (Å²) in [5.74, 6) is 1.47. The fourth-order valence-corrected chi connectivity index (χ4v) is 4.18. The van der Waals surface area contributed by atoms with E-state index in [2.05, 4.69) is 28.8 Å². The van der Waals surface area contributed by atoms with Crippen LogP contribution in [0.1, 0.15) is 56.4 Å². The molecule has 2 aliphatic heterocycles. The highest BCUT2D eigenvalue weighted by atomic mass is 16.5. The average Bonchev–Trinajstić information content (AvgIpc) is 2.52. The Morgan fingerprint density at radius 3 is 2.78 bits per heavy atom. The van der Waals surface area contributed by atoms with Gasteiger partial charge in [-0.2, -0.15) is 0 Å². The molecular weight excluding hydrogens is 288 g/mol. The molecule has 3 aliphatic rings. The number of ether oxygens (including phenoxy) is 1. The maximum atomic E-state index is 12.4. The quantitative estimate of drug-likeness (QED) is 0.902. The Hall–Kier alpha value is -1.55. The van der Waals surface area contributed by atoms with E-state index in [4.69, 9.17) is 4.74 Å². The first-order valence-electron chi connectivity index (χ1n) is 9.02. The van der Waals surface area contributed by atoms with Crippen molar-refractivity contribution in [3.05, 3.63) is 29.8 Å². The van der Waals surface area contributed by atoms with Crippen molar-refractivity contribution in [1.82, 2.24) is 10.6 Å². The van der Waals surface area contributed by atoms with E-state index < -0.39 is 0 Å². The molecule has 2 N–H and O–H groups in total. The van der Waals surface area contributed by atoms with Gasteiger partial charge in [-0.1, -0.05) is 18.2 Å². The zero-order valence-electron chi connectivity index (χ0n) is 13.6. The largest absolute Gasteiger partial charge is 0.487 e. The van der Waals surface area contributed by atoms with Gasteiger partial charge in [0.2, 0.25) is 5.91 Å². The van der Waals surface area contributed by atoms with Crippen LogP contribution in [0.3, 0.4) is 0 Å². The third-order valence-electron chi connectivity index (χ3n) is 5.72. The summed E-state index contributed by atoms with van der Waals surface area (Å²) >= 11 is 0. The molecular formula is C19H26N2O2. The third-order valence-corrected chi connectivity index (χ3v) is 5.72. The molecule has 1 saturated heterocycles. The lowest BCUT2D eigenvalue weighted by Gasteiger charge is -2.44. The van der Waals surface area contributed by atoms with E-state index in [0.717, 1.165) is 50.9 Å². The van der Waals surface area contributed by atoms with Crippen molar-refractivity contribution in [3.63, 3.8) is 0 Å². The first-order valence-corrected chi connectivity index (χ1v) is 9.02. The zero-order valence-corrected chi connectivity index (χ0v) is 13.6. The fraction of sp³-hybridized carbons (Fsp3) is 0.632. The first kappa shape index (κ1) is 15.0. The molecule has 1 spiro atoms.